The molecule has 0 aromatic heterocycles. The van der Waals surface area contributed by atoms with Gasteiger partial charge < -0.3 is 31.4 Å². The normalized spacial score (nSPS) is 14.4. The maximum atomic E-state index is 13.2. The first kappa shape index (κ1) is 59.7. The summed E-state index contributed by atoms with van der Waals surface area (Å²) >= 11 is 0. The topological polar surface area (TPSA) is 149 Å². The zero-order valence-electron chi connectivity index (χ0n) is 41.4. The molecule has 5 atom stereocenters. The quantitative estimate of drug-likeness (QED) is 0.0300. The number of nitrogens with two attached hydrogens (primary N) is 2. The molecule has 0 spiro atoms. The van der Waals surface area contributed by atoms with Crippen molar-refractivity contribution in [2.75, 3.05) is 0 Å². The Bertz CT molecular complexity index is 953. The van der Waals surface area contributed by atoms with Gasteiger partial charge in [0.1, 0.15) is 18.5 Å². The van der Waals surface area contributed by atoms with Crippen molar-refractivity contribution in [3.63, 3.8) is 0 Å². The van der Waals surface area contributed by atoms with Crippen molar-refractivity contribution in [2.45, 2.75) is 322 Å². The molecule has 364 valence electrons. The lowest BCUT2D eigenvalue weighted by Gasteiger charge is -2.26. The lowest BCUT2D eigenvalue weighted by molar-refractivity contribution is -0.144. The molecule has 0 aromatic rings. The Morgan fingerprint density at radius 3 is 1.03 bits per heavy atom. The average Bonchev–Trinajstić information content (AvgIpc) is 3.20. The van der Waals surface area contributed by atoms with Crippen molar-refractivity contribution in [3.05, 3.63) is 0 Å². The monoisotopic (exact) mass is 867 g/mol. The lowest BCUT2D eigenvalue weighted by Crippen LogP contribution is -2.49. The van der Waals surface area contributed by atoms with Crippen LogP contribution in [0.1, 0.15) is 279 Å². The predicted molar refractivity (Wildman–Crippen MR) is 261 cm³/mol. The van der Waals surface area contributed by atoms with Gasteiger partial charge in [0.15, 0.2) is 0 Å². The molecule has 0 aliphatic rings. The van der Waals surface area contributed by atoms with Gasteiger partial charge in [-0.3, -0.25) is 14.9 Å². The molecule has 0 aliphatic heterocycles. The summed E-state index contributed by atoms with van der Waals surface area (Å²) < 4.78 is 12.1. The second-order valence-electron chi connectivity index (χ2n) is 19.3. The van der Waals surface area contributed by atoms with E-state index in [2.05, 4.69) is 24.5 Å². The maximum absolute atomic E-state index is 13.2. The van der Waals surface area contributed by atoms with Gasteiger partial charge in [-0.15, -0.1) is 0 Å². The number of carbonyl (C=O) groups excluding carboxylic acids is 1. The summed E-state index contributed by atoms with van der Waals surface area (Å²) in [6, 6.07) is -0.473. The van der Waals surface area contributed by atoms with E-state index in [4.69, 9.17) is 20.9 Å². The Balaban J connectivity index is 4.36. The lowest BCUT2D eigenvalue weighted by atomic mass is 10.0. The molecular formula is C52H106N4O5. The first-order valence-corrected chi connectivity index (χ1v) is 26.6. The van der Waals surface area contributed by atoms with Gasteiger partial charge >= 0.3 is 5.97 Å². The molecule has 0 heterocycles. The molecule has 9 heteroatoms. The van der Waals surface area contributed by atoms with E-state index in [9.17, 15) is 14.7 Å². The van der Waals surface area contributed by atoms with E-state index in [1.54, 1.807) is 0 Å². The molecule has 9 nitrogen and oxygen atoms in total. The Kier molecular flexibility index (Phi) is 43.1. The van der Waals surface area contributed by atoms with E-state index in [0.717, 1.165) is 77.0 Å². The molecule has 0 fully saturated rings. The summed E-state index contributed by atoms with van der Waals surface area (Å²) in [6.07, 6.45) is 42.9. The summed E-state index contributed by atoms with van der Waals surface area (Å²) in [4.78, 5) is 25.5. The predicted octanol–water partition coefficient (Wildman–Crippen LogP) is 13.8. The minimum atomic E-state index is -1.05. The molecule has 4 unspecified atom stereocenters. The van der Waals surface area contributed by atoms with Crippen molar-refractivity contribution in [1.82, 2.24) is 10.6 Å². The van der Waals surface area contributed by atoms with E-state index in [1.165, 1.54) is 141 Å². The van der Waals surface area contributed by atoms with Gasteiger partial charge in [0.2, 0.25) is 5.91 Å². The van der Waals surface area contributed by atoms with Crippen LogP contribution in [0, 0.1) is 0 Å². The summed E-state index contributed by atoms with van der Waals surface area (Å²) in [5.74, 6) is -1.38. The highest BCUT2D eigenvalue weighted by atomic mass is 16.5. The number of ether oxygens (including phenoxy) is 2. The zero-order chi connectivity index (χ0) is 45.2. The first-order valence-electron chi connectivity index (χ1n) is 26.6. The van der Waals surface area contributed by atoms with E-state index >= 15 is 0 Å². The van der Waals surface area contributed by atoms with Crippen LogP contribution in [0.5, 0.6) is 0 Å². The fourth-order valence-electron chi connectivity index (χ4n) is 8.50. The van der Waals surface area contributed by atoms with Crippen LogP contribution >= 0.6 is 0 Å². The van der Waals surface area contributed by atoms with Gasteiger partial charge in [0, 0.05) is 12.1 Å². The number of nitrogens with one attached hydrogen (secondary N) is 2. The third kappa shape index (κ3) is 42.5. The van der Waals surface area contributed by atoms with Gasteiger partial charge in [-0.2, -0.15) is 0 Å². The zero-order valence-corrected chi connectivity index (χ0v) is 41.4. The number of aliphatic carboxylic acids is 1. The second kappa shape index (κ2) is 44.0. The Hall–Kier alpha value is -1.26. The molecular weight excluding hydrogens is 761 g/mol. The highest BCUT2D eigenvalue weighted by Gasteiger charge is 2.26. The average molecular weight is 867 g/mol. The van der Waals surface area contributed by atoms with Crippen molar-refractivity contribution < 1.29 is 24.2 Å². The van der Waals surface area contributed by atoms with Crippen LogP contribution in [0.2, 0.25) is 0 Å². The number of amides is 1. The molecule has 0 aliphatic carbocycles. The molecule has 0 saturated heterocycles. The molecule has 7 N–H and O–H groups in total. The molecule has 1 amide bonds. The van der Waals surface area contributed by atoms with Crippen LogP contribution in [0.4, 0.5) is 0 Å². The van der Waals surface area contributed by atoms with E-state index < -0.39 is 24.5 Å². The minimum absolute atomic E-state index is 0.0545. The van der Waals surface area contributed by atoms with Crippen molar-refractivity contribution in [3.8, 4) is 0 Å². The number of unbranched alkanes of at least 4 members (excludes halogenated alkanes) is 26. The van der Waals surface area contributed by atoms with Gasteiger partial charge in [-0.05, 0) is 79.1 Å². The molecule has 0 aromatic carbocycles. The maximum Gasteiger partial charge on any atom is 0.321 e. The molecule has 0 rings (SSSR count). The van der Waals surface area contributed by atoms with Gasteiger partial charge in [-0.25, -0.2) is 0 Å². The standard InChI is InChI=1S/C52H106N4O5/c1-7-9-11-13-15-17-19-21-23-25-31-37-46(53)39-33-27-29-35-41-50(60-44(3)4)55-48(52(58)59)43-49(57)56-51(61-45(5)6)42-36-30-28-34-40-47(54)38-32-26-24-22-20-18-16-14-12-10-8-2/h44-48,50-51,55H,7-43,53-54H2,1-6H3,(H,56,57)(H,58,59)/t46?,47?,48-,50?,51?/m0/s1. The Morgan fingerprint density at radius 1 is 0.443 bits per heavy atom. The van der Waals surface area contributed by atoms with Crippen LogP contribution in [0.25, 0.3) is 0 Å². The number of carbonyl (C=O) groups is 2. The first-order chi connectivity index (χ1) is 29.5. The minimum Gasteiger partial charge on any atom is -0.480 e. The van der Waals surface area contributed by atoms with Crippen molar-refractivity contribution in [1.29, 1.82) is 0 Å². The van der Waals surface area contributed by atoms with Crippen LogP contribution in [0.15, 0.2) is 0 Å². The molecule has 61 heavy (non-hydrogen) atoms. The molecule has 0 saturated carbocycles. The van der Waals surface area contributed by atoms with Crippen LogP contribution in [0.3, 0.4) is 0 Å². The number of rotatable bonds is 48. The fourth-order valence-corrected chi connectivity index (χ4v) is 8.50. The summed E-state index contributed by atoms with van der Waals surface area (Å²) in [7, 11) is 0. The van der Waals surface area contributed by atoms with Crippen molar-refractivity contribution >= 4 is 11.9 Å². The van der Waals surface area contributed by atoms with Crippen LogP contribution < -0.4 is 22.1 Å². The second-order valence-corrected chi connectivity index (χ2v) is 19.3. The summed E-state index contributed by atoms with van der Waals surface area (Å²) in [5, 5.41) is 16.2. The van der Waals surface area contributed by atoms with Gasteiger partial charge in [-0.1, -0.05) is 194 Å². The van der Waals surface area contributed by atoms with E-state index in [1.807, 2.05) is 27.7 Å². The van der Waals surface area contributed by atoms with Gasteiger partial charge in [0.25, 0.3) is 0 Å². The number of carboxylic acid groups (broad SMARTS) is 1. The Morgan fingerprint density at radius 2 is 0.721 bits per heavy atom. The third-order valence-corrected chi connectivity index (χ3v) is 12.2. The SMILES string of the molecule is CCCCCCCCCCCCCC(N)CCCCCCC(NC(=O)C[C@H](NC(CCCCCCC(N)CCCCCCCCCCCCC)OC(C)C)C(=O)O)OC(C)C. The fraction of sp³-hybridized carbons (Fsp3) is 0.962. The number of hydrogen-bond donors (Lipinski definition) is 5. The van der Waals surface area contributed by atoms with Crippen LogP contribution in [-0.4, -0.2) is 59.8 Å². The molecule has 0 radical (unpaired) electrons. The number of carboxylic acids is 1. The van der Waals surface area contributed by atoms with Crippen LogP contribution in [-0.2, 0) is 19.1 Å². The highest BCUT2D eigenvalue weighted by Crippen LogP contribution is 2.18. The van der Waals surface area contributed by atoms with E-state index in [0.29, 0.717) is 18.9 Å². The Labute approximate surface area is 378 Å². The molecule has 0 bridgehead atoms. The van der Waals surface area contributed by atoms with Gasteiger partial charge in [0.05, 0.1) is 18.6 Å². The summed E-state index contributed by atoms with van der Waals surface area (Å²) in [6.45, 7) is 12.4. The van der Waals surface area contributed by atoms with E-state index in [-0.39, 0.29) is 30.6 Å². The third-order valence-electron chi connectivity index (χ3n) is 12.2. The largest absolute Gasteiger partial charge is 0.480 e. The van der Waals surface area contributed by atoms with Crippen molar-refractivity contribution in [2.24, 2.45) is 11.5 Å². The summed E-state index contributed by atoms with van der Waals surface area (Å²) in [5.41, 5.74) is 12.9. The smallest absolute Gasteiger partial charge is 0.321 e. The highest BCUT2D eigenvalue weighted by molar-refractivity contribution is 5.84. The number of hydrogen-bond acceptors (Lipinski definition) is 7.